The number of halogens is 1. The summed E-state index contributed by atoms with van der Waals surface area (Å²) < 4.78 is 13.6. The highest BCUT2D eigenvalue weighted by molar-refractivity contribution is 9.10. The Hall–Kier alpha value is -1.95. The van der Waals surface area contributed by atoms with Crippen molar-refractivity contribution >= 4 is 30.2 Å². The summed E-state index contributed by atoms with van der Waals surface area (Å²) in [6.07, 6.45) is -0.703. The second kappa shape index (κ2) is 8.19. The molecule has 1 unspecified atom stereocenters. The molecule has 0 aliphatic heterocycles. The molecule has 0 saturated heterocycles. The van der Waals surface area contributed by atoms with Gasteiger partial charge in [-0.2, -0.15) is 5.10 Å². The topological polar surface area (TPSA) is 57.7 Å². The second-order valence-corrected chi connectivity index (χ2v) is 13.5. The number of esters is 1. The molecule has 0 N–H and O–H groups in total. The van der Waals surface area contributed by atoms with E-state index in [1.807, 2.05) is 31.3 Å². The third kappa shape index (κ3) is 4.72. The van der Waals surface area contributed by atoms with Crippen LogP contribution in [0.4, 0.5) is 0 Å². The molecule has 0 aliphatic rings. The number of nitrogens with zero attached hydrogens (tertiary/aromatic N) is 3. The van der Waals surface area contributed by atoms with Gasteiger partial charge in [0.15, 0.2) is 8.32 Å². The minimum absolute atomic E-state index is 0.353. The van der Waals surface area contributed by atoms with Crippen molar-refractivity contribution in [1.29, 1.82) is 0 Å². The summed E-state index contributed by atoms with van der Waals surface area (Å²) in [6, 6.07) is 7.65. The highest BCUT2D eigenvalue weighted by Crippen LogP contribution is 2.36. The van der Waals surface area contributed by atoms with Gasteiger partial charge in [-0.1, -0.05) is 22.0 Å². The van der Waals surface area contributed by atoms with Crippen LogP contribution in [-0.4, -0.2) is 31.2 Å². The van der Waals surface area contributed by atoms with E-state index in [0.29, 0.717) is 5.69 Å². The summed E-state index contributed by atoms with van der Waals surface area (Å²) in [7, 11) is 1.26. The Balaban J connectivity index is 2.61. The third-order valence-corrected chi connectivity index (χ3v) is 5.78. The van der Waals surface area contributed by atoms with E-state index >= 15 is 0 Å². The van der Waals surface area contributed by atoms with E-state index in [0.717, 1.165) is 21.3 Å². The largest absolute Gasteiger partial charge is 0.468 e. The number of benzene rings is 1. The van der Waals surface area contributed by atoms with Gasteiger partial charge in [-0.25, -0.2) is 6.57 Å². The third-order valence-electron chi connectivity index (χ3n) is 4.35. The van der Waals surface area contributed by atoms with Gasteiger partial charge in [-0.15, -0.1) is 0 Å². The Bertz CT molecular complexity index is 926. The average molecular weight is 464 g/mol. The predicted octanol–water partition coefficient (Wildman–Crippen LogP) is 5.07. The number of aromatic nitrogens is 2. The molecule has 0 spiro atoms. The lowest BCUT2D eigenvalue weighted by molar-refractivity contribution is -0.146. The number of hydrogen-bond donors (Lipinski definition) is 0. The van der Waals surface area contributed by atoms with Crippen molar-refractivity contribution in [1.82, 2.24) is 9.78 Å². The maximum atomic E-state index is 12.2. The summed E-state index contributed by atoms with van der Waals surface area (Å²) in [5, 5.41) is 4.55. The number of aryl methyl sites for hydroxylation is 1. The predicted molar refractivity (Wildman–Crippen MR) is 115 cm³/mol. The first-order chi connectivity index (χ1) is 12.9. The smallest absolute Gasteiger partial charge is 0.346 e. The number of carbonyl (C=O) groups is 1. The zero-order chi connectivity index (χ0) is 21.3. The van der Waals surface area contributed by atoms with E-state index in [-0.39, 0.29) is 5.97 Å². The molecule has 0 bridgehead atoms. The molecule has 1 aromatic heterocycles. The molecule has 2 rings (SSSR count). The standard InChI is InChI=1S/C20H26BrN3O3Si/c1-20(2,19(25)26-5)17-12-16(24(4)23-17)14-10-9-13(21)11-15(14)18(22-3)27-28(6,7)8/h9-12,18H,1-2,4-8H3. The number of carbonyl (C=O) groups excluding carboxylic acids is 1. The average Bonchev–Trinajstić information content (AvgIpc) is 3.00. The lowest BCUT2D eigenvalue weighted by atomic mass is 9.89. The molecule has 6 nitrogen and oxygen atoms in total. The minimum atomic E-state index is -1.94. The fourth-order valence-corrected chi connectivity index (χ4v) is 4.08. The van der Waals surface area contributed by atoms with Crippen LogP contribution in [0.5, 0.6) is 0 Å². The van der Waals surface area contributed by atoms with Gasteiger partial charge in [0, 0.05) is 17.1 Å². The van der Waals surface area contributed by atoms with E-state index in [2.05, 4.69) is 45.5 Å². The van der Waals surface area contributed by atoms with Gasteiger partial charge in [0.1, 0.15) is 5.41 Å². The van der Waals surface area contributed by atoms with E-state index in [1.165, 1.54) is 7.11 Å². The van der Waals surface area contributed by atoms with Gasteiger partial charge in [0.25, 0.3) is 0 Å². The van der Waals surface area contributed by atoms with Crippen LogP contribution < -0.4 is 0 Å². The summed E-state index contributed by atoms with van der Waals surface area (Å²) >= 11 is 3.50. The van der Waals surface area contributed by atoms with Crippen molar-refractivity contribution in [3.8, 4) is 11.3 Å². The summed E-state index contributed by atoms with van der Waals surface area (Å²) in [5.74, 6) is -0.353. The van der Waals surface area contributed by atoms with Crippen molar-refractivity contribution in [3.63, 3.8) is 0 Å². The maximum Gasteiger partial charge on any atom is 0.346 e. The number of ether oxygens (including phenoxy) is 1. The second-order valence-electron chi connectivity index (χ2n) is 8.10. The number of rotatable bonds is 6. The fourth-order valence-electron chi connectivity index (χ4n) is 2.85. The number of hydrogen-bond acceptors (Lipinski definition) is 4. The molecule has 8 heteroatoms. The van der Waals surface area contributed by atoms with E-state index in [9.17, 15) is 4.79 Å². The molecule has 0 fully saturated rings. The van der Waals surface area contributed by atoms with Crippen LogP contribution in [0.3, 0.4) is 0 Å². The van der Waals surface area contributed by atoms with Crippen LogP contribution in [0, 0.1) is 6.57 Å². The van der Waals surface area contributed by atoms with Gasteiger partial charge >= 0.3 is 12.2 Å². The van der Waals surface area contributed by atoms with Crippen molar-refractivity contribution < 1.29 is 14.0 Å². The van der Waals surface area contributed by atoms with Crippen molar-refractivity contribution in [3.05, 3.63) is 51.4 Å². The maximum absolute atomic E-state index is 12.2. The van der Waals surface area contributed by atoms with Gasteiger partial charge in [0.05, 0.1) is 24.1 Å². The molecule has 150 valence electrons. The Morgan fingerprint density at radius 2 is 1.96 bits per heavy atom. The van der Waals surface area contributed by atoms with E-state index < -0.39 is 20.0 Å². The Kier molecular flexibility index (Phi) is 6.54. The summed E-state index contributed by atoms with van der Waals surface area (Å²) in [6.45, 7) is 17.4. The van der Waals surface area contributed by atoms with Crippen LogP contribution in [0.25, 0.3) is 16.1 Å². The van der Waals surface area contributed by atoms with Gasteiger partial charge < -0.3 is 9.16 Å². The van der Waals surface area contributed by atoms with E-state index in [4.69, 9.17) is 15.7 Å². The normalized spacial score (nSPS) is 13.1. The number of methoxy groups -OCH3 is 1. The molecule has 2 aromatic rings. The van der Waals surface area contributed by atoms with Gasteiger partial charge in [-0.05, 0) is 51.7 Å². The first-order valence-corrected chi connectivity index (χ1v) is 13.1. The van der Waals surface area contributed by atoms with Crippen molar-refractivity contribution in [2.24, 2.45) is 7.05 Å². The lowest BCUT2D eigenvalue weighted by Crippen LogP contribution is -2.30. The molecule has 0 amide bonds. The van der Waals surface area contributed by atoms with E-state index in [1.54, 1.807) is 18.5 Å². The quantitative estimate of drug-likeness (QED) is 0.340. The molecular weight excluding hydrogens is 438 g/mol. The van der Waals surface area contributed by atoms with Gasteiger partial charge in [-0.3, -0.25) is 14.3 Å². The zero-order valence-electron chi connectivity index (χ0n) is 17.3. The molecule has 1 heterocycles. The summed E-state index contributed by atoms with van der Waals surface area (Å²) in [4.78, 5) is 15.9. The monoisotopic (exact) mass is 463 g/mol. The summed E-state index contributed by atoms with van der Waals surface area (Å²) in [5.41, 5.74) is 2.16. The molecule has 0 saturated carbocycles. The molecule has 0 aliphatic carbocycles. The molecule has 0 radical (unpaired) electrons. The highest BCUT2D eigenvalue weighted by atomic mass is 79.9. The Labute approximate surface area is 175 Å². The van der Waals surface area contributed by atoms with Crippen LogP contribution in [0.2, 0.25) is 19.6 Å². The first-order valence-electron chi connectivity index (χ1n) is 8.88. The molecular formula is C20H26BrN3O3Si. The lowest BCUT2D eigenvalue weighted by Gasteiger charge is -2.20. The van der Waals surface area contributed by atoms with Crippen LogP contribution in [-0.2, 0) is 26.4 Å². The Morgan fingerprint density at radius 3 is 2.50 bits per heavy atom. The minimum Gasteiger partial charge on any atom is -0.468 e. The SMILES string of the molecule is [C-]#[N+]C(O[Si](C)(C)C)c1cc(Br)ccc1-c1cc(C(C)(C)C(=O)OC)nn1C. The highest BCUT2D eigenvalue weighted by Gasteiger charge is 2.35. The Morgan fingerprint density at radius 1 is 1.32 bits per heavy atom. The first kappa shape index (κ1) is 22.3. The fraction of sp³-hybridized carbons (Fsp3) is 0.450. The molecule has 1 atom stereocenters. The van der Waals surface area contributed by atoms with Crippen molar-refractivity contribution in [2.75, 3.05) is 7.11 Å². The molecule has 28 heavy (non-hydrogen) atoms. The van der Waals surface area contributed by atoms with Gasteiger partial charge in [0.2, 0.25) is 0 Å². The molecule has 1 aromatic carbocycles. The van der Waals surface area contributed by atoms with Crippen LogP contribution in [0.15, 0.2) is 28.7 Å². The zero-order valence-corrected chi connectivity index (χ0v) is 19.9. The van der Waals surface area contributed by atoms with Crippen LogP contribution in [0.1, 0.15) is 31.3 Å². The van der Waals surface area contributed by atoms with Crippen LogP contribution >= 0.6 is 15.9 Å². The van der Waals surface area contributed by atoms with Crippen molar-refractivity contribution in [2.45, 2.75) is 45.1 Å².